The van der Waals surface area contributed by atoms with E-state index in [1.807, 2.05) is 0 Å². The second-order valence-corrected chi connectivity index (χ2v) is 5.79. The maximum atomic E-state index is 13.5. The van der Waals surface area contributed by atoms with E-state index >= 15 is 0 Å². The van der Waals surface area contributed by atoms with Crippen LogP contribution in [0.25, 0.3) is 0 Å². The molecule has 0 aromatic heterocycles. The lowest BCUT2D eigenvalue weighted by Crippen LogP contribution is -2.27. The number of nitrogens with one attached hydrogen (secondary N) is 1. The molecule has 17 heavy (non-hydrogen) atoms. The third kappa shape index (κ3) is 2.99. The molecule has 0 heterocycles. The van der Waals surface area contributed by atoms with Crippen LogP contribution in [0.15, 0.2) is 18.2 Å². The van der Waals surface area contributed by atoms with E-state index < -0.39 is 0 Å². The van der Waals surface area contributed by atoms with Crippen LogP contribution in [0, 0.1) is 17.2 Å². The molecule has 0 unspecified atom stereocenters. The Balaban J connectivity index is 1.88. The van der Waals surface area contributed by atoms with Crippen LogP contribution in [-0.2, 0) is 6.54 Å². The lowest BCUT2D eigenvalue weighted by Gasteiger charge is -2.20. The Labute approximate surface area is 107 Å². The number of hydrogen-bond acceptors (Lipinski definition) is 1. The smallest absolute Gasteiger partial charge is 0.127 e. The highest BCUT2D eigenvalue weighted by Gasteiger charge is 2.44. The molecule has 1 saturated carbocycles. The first-order valence-corrected chi connectivity index (χ1v) is 6.56. The van der Waals surface area contributed by atoms with Gasteiger partial charge in [0.1, 0.15) is 5.82 Å². The summed E-state index contributed by atoms with van der Waals surface area (Å²) in [6.45, 7) is 6.04. The molecule has 1 aliphatic carbocycles. The van der Waals surface area contributed by atoms with Crippen LogP contribution in [0.1, 0.15) is 32.3 Å². The molecule has 3 heteroatoms. The van der Waals surface area contributed by atoms with E-state index in [-0.39, 0.29) is 5.82 Å². The molecule has 1 N–H and O–H groups in total. The van der Waals surface area contributed by atoms with Gasteiger partial charge in [0.25, 0.3) is 0 Å². The van der Waals surface area contributed by atoms with E-state index in [1.165, 1.54) is 18.9 Å². The molecule has 94 valence electrons. The van der Waals surface area contributed by atoms with Crippen LogP contribution in [0.3, 0.4) is 0 Å². The Kier molecular flexibility index (Phi) is 3.74. The first kappa shape index (κ1) is 12.8. The largest absolute Gasteiger partial charge is 0.312 e. The summed E-state index contributed by atoms with van der Waals surface area (Å²) in [6.07, 6.45) is 2.57. The Morgan fingerprint density at radius 3 is 2.71 bits per heavy atom. The molecule has 0 amide bonds. The van der Waals surface area contributed by atoms with Gasteiger partial charge >= 0.3 is 0 Å². The molecule has 0 aliphatic heterocycles. The fraction of sp³-hybridized carbons (Fsp3) is 0.571. The Bertz CT molecular complexity index is 399. The van der Waals surface area contributed by atoms with Gasteiger partial charge in [0, 0.05) is 23.7 Å². The summed E-state index contributed by atoms with van der Waals surface area (Å²) < 4.78 is 13.5. The summed E-state index contributed by atoms with van der Waals surface area (Å²) in [5.74, 6) is 0.510. The van der Waals surface area contributed by atoms with Gasteiger partial charge < -0.3 is 5.32 Å². The molecule has 0 radical (unpaired) electrons. The van der Waals surface area contributed by atoms with E-state index in [9.17, 15) is 4.39 Å². The lowest BCUT2D eigenvalue weighted by molar-refractivity contribution is 0.337. The minimum Gasteiger partial charge on any atom is -0.312 e. The van der Waals surface area contributed by atoms with E-state index in [0.29, 0.717) is 28.5 Å². The maximum Gasteiger partial charge on any atom is 0.127 e. The number of hydrogen-bond donors (Lipinski definition) is 1. The molecule has 1 fully saturated rings. The van der Waals surface area contributed by atoms with Gasteiger partial charge in [-0.25, -0.2) is 4.39 Å². The zero-order valence-electron chi connectivity index (χ0n) is 10.4. The zero-order chi connectivity index (χ0) is 12.5. The summed E-state index contributed by atoms with van der Waals surface area (Å²) in [5.41, 5.74) is 1.10. The minimum atomic E-state index is -0.184. The van der Waals surface area contributed by atoms with E-state index in [2.05, 4.69) is 19.2 Å². The summed E-state index contributed by atoms with van der Waals surface area (Å²) in [4.78, 5) is 0. The molecule has 0 spiro atoms. The molecule has 0 bridgehead atoms. The van der Waals surface area contributed by atoms with Gasteiger partial charge in [-0.2, -0.15) is 0 Å². The van der Waals surface area contributed by atoms with Crippen LogP contribution in [0.2, 0.25) is 5.02 Å². The predicted octanol–water partition coefficient (Wildman–Crippen LogP) is 4.00. The molecule has 0 saturated heterocycles. The van der Waals surface area contributed by atoms with Gasteiger partial charge in [0.05, 0.1) is 0 Å². The Morgan fingerprint density at radius 2 is 2.12 bits per heavy atom. The molecular formula is C14H19ClFN. The predicted molar refractivity (Wildman–Crippen MR) is 69.6 cm³/mol. The van der Waals surface area contributed by atoms with Crippen molar-refractivity contribution in [3.63, 3.8) is 0 Å². The standard InChI is InChI=1S/C14H19ClFN/c1-10(2)14(5-6-14)9-17-8-11-7-12(15)3-4-13(11)16/h3-4,7,10,17H,5-6,8-9H2,1-2H3. The van der Waals surface area contributed by atoms with Crippen molar-refractivity contribution in [1.29, 1.82) is 0 Å². The van der Waals surface area contributed by atoms with Gasteiger partial charge in [0.15, 0.2) is 0 Å². The maximum absolute atomic E-state index is 13.5. The van der Waals surface area contributed by atoms with Crippen LogP contribution in [0.5, 0.6) is 0 Å². The number of halogens is 2. The first-order chi connectivity index (χ1) is 8.03. The summed E-state index contributed by atoms with van der Waals surface area (Å²) in [5, 5.41) is 3.95. The third-order valence-corrected chi connectivity index (χ3v) is 4.15. The second-order valence-electron chi connectivity index (χ2n) is 5.36. The van der Waals surface area contributed by atoms with E-state index in [0.717, 1.165) is 6.54 Å². The molecule has 1 aromatic carbocycles. The molecular weight excluding hydrogens is 237 g/mol. The monoisotopic (exact) mass is 255 g/mol. The van der Waals surface area contributed by atoms with Crippen molar-refractivity contribution < 1.29 is 4.39 Å². The minimum absolute atomic E-state index is 0.184. The molecule has 1 nitrogen and oxygen atoms in total. The van der Waals surface area contributed by atoms with Crippen molar-refractivity contribution in [2.75, 3.05) is 6.54 Å². The highest BCUT2D eigenvalue weighted by molar-refractivity contribution is 6.30. The average Bonchev–Trinajstić information content (AvgIpc) is 3.04. The summed E-state index contributed by atoms with van der Waals surface area (Å²) in [6, 6.07) is 4.70. The normalized spacial score (nSPS) is 17.5. The summed E-state index contributed by atoms with van der Waals surface area (Å²) in [7, 11) is 0. The lowest BCUT2D eigenvalue weighted by atomic mass is 9.92. The van der Waals surface area contributed by atoms with Crippen molar-refractivity contribution in [2.24, 2.45) is 11.3 Å². The average molecular weight is 256 g/mol. The number of rotatable bonds is 5. The molecule has 1 aliphatic rings. The van der Waals surface area contributed by atoms with Crippen LogP contribution in [0.4, 0.5) is 4.39 Å². The number of benzene rings is 1. The van der Waals surface area contributed by atoms with Crippen molar-refractivity contribution in [2.45, 2.75) is 33.2 Å². The SMILES string of the molecule is CC(C)C1(CNCc2cc(Cl)ccc2F)CC1. The van der Waals surface area contributed by atoms with Gasteiger partial charge in [-0.15, -0.1) is 0 Å². The fourth-order valence-corrected chi connectivity index (χ4v) is 2.44. The molecule has 2 rings (SSSR count). The molecule has 1 aromatic rings. The Morgan fingerprint density at radius 1 is 1.41 bits per heavy atom. The van der Waals surface area contributed by atoms with E-state index in [1.54, 1.807) is 12.1 Å². The van der Waals surface area contributed by atoms with Crippen molar-refractivity contribution in [3.05, 3.63) is 34.6 Å². The van der Waals surface area contributed by atoms with Crippen molar-refractivity contribution >= 4 is 11.6 Å². The summed E-state index contributed by atoms with van der Waals surface area (Å²) >= 11 is 5.85. The van der Waals surface area contributed by atoms with Crippen LogP contribution < -0.4 is 5.32 Å². The second kappa shape index (κ2) is 4.95. The fourth-order valence-electron chi connectivity index (χ4n) is 2.24. The van der Waals surface area contributed by atoms with Crippen molar-refractivity contribution in [3.8, 4) is 0 Å². The van der Waals surface area contributed by atoms with Crippen molar-refractivity contribution in [1.82, 2.24) is 5.32 Å². The Hall–Kier alpha value is -0.600. The zero-order valence-corrected chi connectivity index (χ0v) is 11.1. The van der Waals surface area contributed by atoms with Crippen LogP contribution in [-0.4, -0.2) is 6.54 Å². The first-order valence-electron chi connectivity index (χ1n) is 6.18. The topological polar surface area (TPSA) is 12.0 Å². The molecule has 0 atom stereocenters. The van der Waals surface area contributed by atoms with E-state index in [4.69, 9.17) is 11.6 Å². The van der Waals surface area contributed by atoms with Gasteiger partial charge in [-0.05, 0) is 42.4 Å². The van der Waals surface area contributed by atoms with Gasteiger partial charge in [-0.1, -0.05) is 25.4 Å². The highest BCUT2D eigenvalue weighted by atomic mass is 35.5. The van der Waals surface area contributed by atoms with Gasteiger partial charge in [0.2, 0.25) is 0 Å². The van der Waals surface area contributed by atoms with Crippen LogP contribution >= 0.6 is 11.6 Å². The highest BCUT2D eigenvalue weighted by Crippen LogP contribution is 2.51. The quantitative estimate of drug-likeness (QED) is 0.839. The third-order valence-electron chi connectivity index (χ3n) is 3.92. The van der Waals surface area contributed by atoms with Gasteiger partial charge in [-0.3, -0.25) is 0 Å².